The number of methoxy groups -OCH3 is 1. The van der Waals surface area contributed by atoms with Gasteiger partial charge in [0.05, 0.1) is 33.3 Å². The standard InChI is InChI=1S/C14H9BrClFN2OS/c1-20-13-3-2-7(4-9(13)16)19-12-6-10(17)8(15)5-11(12)18-14(19)21/h2-6H,1H3,(H,18,21). The van der Waals surface area contributed by atoms with Crippen molar-refractivity contribution in [3.8, 4) is 11.4 Å². The van der Waals surface area contributed by atoms with Gasteiger partial charge >= 0.3 is 0 Å². The number of ether oxygens (including phenoxy) is 1. The topological polar surface area (TPSA) is 29.9 Å². The first-order chi connectivity index (χ1) is 10.0. The number of nitrogens with zero attached hydrogens (tertiary/aromatic N) is 1. The predicted octanol–water partition coefficient (Wildman–Crippen LogP) is 5.25. The number of aromatic nitrogens is 2. The van der Waals surface area contributed by atoms with Crippen LogP contribution in [-0.4, -0.2) is 16.7 Å². The number of H-pyrrole nitrogens is 1. The van der Waals surface area contributed by atoms with Crippen LogP contribution in [0, 0.1) is 10.6 Å². The van der Waals surface area contributed by atoms with Crippen molar-refractivity contribution in [3.63, 3.8) is 0 Å². The highest BCUT2D eigenvalue weighted by Crippen LogP contribution is 2.30. The Labute approximate surface area is 138 Å². The summed E-state index contributed by atoms with van der Waals surface area (Å²) in [5, 5.41) is 0.462. The molecule has 1 heterocycles. The quantitative estimate of drug-likeness (QED) is 0.609. The third-order valence-electron chi connectivity index (χ3n) is 3.12. The smallest absolute Gasteiger partial charge is 0.182 e. The van der Waals surface area contributed by atoms with E-state index in [1.807, 2.05) is 6.07 Å². The van der Waals surface area contributed by atoms with E-state index in [1.165, 1.54) is 6.07 Å². The minimum atomic E-state index is -0.357. The first kappa shape index (κ1) is 14.6. The monoisotopic (exact) mass is 386 g/mol. The number of benzene rings is 2. The Hall–Kier alpha value is -1.37. The van der Waals surface area contributed by atoms with Gasteiger partial charge < -0.3 is 9.72 Å². The van der Waals surface area contributed by atoms with Crippen molar-refractivity contribution in [1.82, 2.24) is 9.55 Å². The Morgan fingerprint density at radius 3 is 2.76 bits per heavy atom. The fourth-order valence-corrected chi connectivity index (χ4v) is 3.06. The molecule has 0 amide bonds. The molecule has 2 aromatic carbocycles. The van der Waals surface area contributed by atoms with Gasteiger partial charge in [-0.05, 0) is 52.4 Å². The second-order valence-electron chi connectivity index (χ2n) is 4.37. The zero-order valence-electron chi connectivity index (χ0n) is 10.8. The molecule has 0 unspecified atom stereocenters. The number of halogens is 3. The lowest BCUT2D eigenvalue weighted by atomic mass is 10.2. The van der Waals surface area contributed by atoms with E-state index in [-0.39, 0.29) is 5.82 Å². The molecule has 108 valence electrons. The third kappa shape index (κ3) is 2.47. The van der Waals surface area contributed by atoms with Crippen LogP contribution in [0.5, 0.6) is 5.75 Å². The van der Waals surface area contributed by atoms with Gasteiger partial charge in [0.15, 0.2) is 4.77 Å². The van der Waals surface area contributed by atoms with Crippen LogP contribution in [0.2, 0.25) is 5.02 Å². The summed E-state index contributed by atoms with van der Waals surface area (Å²) in [5.74, 6) is 0.213. The number of fused-ring (bicyclic) bond motifs is 1. The van der Waals surface area contributed by atoms with E-state index in [0.717, 1.165) is 11.2 Å². The van der Waals surface area contributed by atoms with Crippen molar-refractivity contribution >= 4 is 50.8 Å². The van der Waals surface area contributed by atoms with Gasteiger partial charge in [0.1, 0.15) is 11.6 Å². The highest BCUT2D eigenvalue weighted by Gasteiger charge is 2.11. The molecule has 0 bridgehead atoms. The van der Waals surface area contributed by atoms with Crippen molar-refractivity contribution in [2.24, 2.45) is 0 Å². The number of aromatic amines is 1. The van der Waals surface area contributed by atoms with Crippen molar-refractivity contribution in [2.45, 2.75) is 0 Å². The van der Waals surface area contributed by atoms with Crippen LogP contribution in [-0.2, 0) is 0 Å². The summed E-state index contributed by atoms with van der Waals surface area (Å²) in [6.45, 7) is 0. The molecule has 3 nitrogen and oxygen atoms in total. The normalized spacial score (nSPS) is 11.0. The predicted molar refractivity (Wildman–Crippen MR) is 87.7 cm³/mol. The molecule has 0 saturated carbocycles. The maximum atomic E-state index is 13.8. The zero-order valence-corrected chi connectivity index (χ0v) is 13.9. The van der Waals surface area contributed by atoms with Crippen LogP contribution < -0.4 is 4.74 Å². The average molecular weight is 388 g/mol. The fourth-order valence-electron chi connectivity index (χ4n) is 2.15. The molecule has 0 fully saturated rings. The minimum absolute atomic E-state index is 0.357. The number of nitrogens with one attached hydrogen (secondary N) is 1. The Balaban J connectivity index is 2.29. The maximum absolute atomic E-state index is 13.8. The largest absolute Gasteiger partial charge is 0.495 e. The lowest BCUT2D eigenvalue weighted by Crippen LogP contribution is -1.95. The number of imidazole rings is 1. The Morgan fingerprint density at radius 2 is 2.10 bits per heavy atom. The number of hydrogen-bond acceptors (Lipinski definition) is 2. The molecule has 0 aliphatic rings. The summed E-state index contributed by atoms with van der Waals surface area (Å²) in [4.78, 5) is 3.05. The molecule has 3 rings (SSSR count). The summed E-state index contributed by atoms with van der Waals surface area (Å²) in [5.41, 5.74) is 2.11. The van der Waals surface area contributed by atoms with Crippen LogP contribution in [0.15, 0.2) is 34.8 Å². The van der Waals surface area contributed by atoms with Crippen LogP contribution >= 0.6 is 39.7 Å². The lowest BCUT2D eigenvalue weighted by Gasteiger charge is -2.08. The Kier molecular flexibility index (Phi) is 3.77. The molecular weight excluding hydrogens is 379 g/mol. The first-order valence-corrected chi connectivity index (χ1v) is 7.53. The summed E-state index contributed by atoms with van der Waals surface area (Å²) in [6, 6.07) is 8.36. The van der Waals surface area contributed by atoms with Crippen molar-refractivity contribution in [1.29, 1.82) is 0 Å². The van der Waals surface area contributed by atoms with E-state index < -0.39 is 0 Å². The van der Waals surface area contributed by atoms with Gasteiger partial charge in [-0.15, -0.1) is 0 Å². The first-order valence-electron chi connectivity index (χ1n) is 5.95. The SMILES string of the molecule is COc1ccc(-n2c(=S)[nH]c3cc(Br)c(F)cc32)cc1Cl. The van der Waals surface area contributed by atoms with E-state index in [2.05, 4.69) is 20.9 Å². The van der Waals surface area contributed by atoms with Crippen LogP contribution in [0.3, 0.4) is 0 Å². The second kappa shape index (κ2) is 5.44. The molecular formula is C14H9BrClFN2OS. The number of rotatable bonds is 2. The van der Waals surface area contributed by atoms with Crippen molar-refractivity contribution in [3.05, 3.63) is 50.4 Å². The molecule has 0 aliphatic carbocycles. The molecule has 0 saturated heterocycles. The lowest BCUT2D eigenvalue weighted by molar-refractivity contribution is 0.415. The maximum Gasteiger partial charge on any atom is 0.182 e. The molecule has 21 heavy (non-hydrogen) atoms. The molecule has 1 N–H and O–H groups in total. The molecule has 0 spiro atoms. The molecule has 0 atom stereocenters. The summed E-state index contributed by atoms with van der Waals surface area (Å²) < 4.78 is 21.5. The van der Waals surface area contributed by atoms with E-state index in [4.69, 9.17) is 28.6 Å². The molecule has 3 aromatic rings. The van der Waals surface area contributed by atoms with Gasteiger partial charge in [-0.1, -0.05) is 11.6 Å². The average Bonchev–Trinajstić information content (AvgIpc) is 2.74. The van der Waals surface area contributed by atoms with Gasteiger partial charge in [-0.3, -0.25) is 4.57 Å². The van der Waals surface area contributed by atoms with Gasteiger partial charge in [0.25, 0.3) is 0 Å². The van der Waals surface area contributed by atoms with E-state index in [0.29, 0.717) is 25.5 Å². The van der Waals surface area contributed by atoms with Gasteiger partial charge in [-0.25, -0.2) is 4.39 Å². The van der Waals surface area contributed by atoms with Gasteiger partial charge in [0.2, 0.25) is 0 Å². The molecule has 7 heteroatoms. The highest BCUT2D eigenvalue weighted by atomic mass is 79.9. The van der Waals surface area contributed by atoms with Gasteiger partial charge in [0, 0.05) is 6.07 Å². The van der Waals surface area contributed by atoms with E-state index in [9.17, 15) is 4.39 Å². The summed E-state index contributed by atoms with van der Waals surface area (Å²) in [7, 11) is 1.55. The fraction of sp³-hybridized carbons (Fsp3) is 0.0714. The number of hydrogen-bond donors (Lipinski definition) is 1. The Bertz CT molecular complexity index is 906. The van der Waals surface area contributed by atoms with Crippen LogP contribution in [0.25, 0.3) is 16.7 Å². The van der Waals surface area contributed by atoms with E-state index >= 15 is 0 Å². The van der Waals surface area contributed by atoms with Gasteiger partial charge in [-0.2, -0.15) is 0 Å². The van der Waals surface area contributed by atoms with Crippen molar-refractivity contribution < 1.29 is 9.13 Å². The second-order valence-corrected chi connectivity index (χ2v) is 6.02. The summed E-state index contributed by atoms with van der Waals surface area (Å²) in [6.07, 6.45) is 0. The summed E-state index contributed by atoms with van der Waals surface area (Å²) >= 11 is 14.6. The highest BCUT2D eigenvalue weighted by molar-refractivity contribution is 9.10. The third-order valence-corrected chi connectivity index (χ3v) is 4.31. The van der Waals surface area contributed by atoms with E-state index in [1.54, 1.807) is 29.9 Å². The Morgan fingerprint density at radius 1 is 1.33 bits per heavy atom. The minimum Gasteiger partial charge on any atom is -0.495 e. The van der Waals surface area contributed by atoms with Crippen LogP contribution in [0.1, 0.15) is 0 Å². The van der Waals surface area contributed by atoms with Crippen molar-refractivity contribution in [2.75, 3.05) is 7.11 Å². The molecule has 0 aliphatic heterocycles. The zero-order chi connectivity index (χ0) is 15.1. The van der Waals surface area contributed by atoms with Crippen LogP contribution in [0.4, 0.5) is 4.39 Å². The molecule has 0 radical (unpaired) electrons. The molecule has 1 aromatic heterocycles.